The number of hydrogen-bond acceptors (Lipinski definition) is 3. The SMILES string of the molecule is CCc1cc(CNCC2(C)CCOCC2)n(C)n1. The van der Waals surface area contributed by atoms with Crippen LogP contribution >= 0.6 is 0 Å². The first-order valence-electron chi connectivity index (χ1n) is 6.93. The number of hydrogen-bond donors (Lipinski definition) is 1. The molecule has 0 radical (unpaired) electrons. The van der Waals surface area contributed by atoms with Crippen molar-refractivity contribution in [1.29, 1.82) is 0 Å². The number of rotatable bonds is 5. The van der Waals surface area contributed by atoms with Gasteiger partial charge in [0, 0.05) is 33.4 Å². The molecule has 1 aromatic rings. The molecule has 4 nitrogen and oxygen atoms in total. The molecule has 1 aliphatic rings. The summed E-state index contributed by atoms with van der Waals surface area (Å²) in [5.41, 5.74) is 2.83. The van der Waals surface area contributed by atoms with Crippen molar-refractivity contribution in [3.8, 4) is 0 Å². The molecule has 0 aromatic carbocycles. The zero-order chi connectivity index (χ0) is 13.0. The molecule has 18 heavy (non-hydrogen) atoms. The molecule has 0 spiro atoms. The highest BCUT2D eigenvalue weighted by atomic mass is 16.5. The van der Waals surface area contributed by atoms with Gasteiger partial charge in [-0.15, -0.1) is 0 Å². The summed E-state index contributed by atoms with van der Waals surface area (Å²) in [5.74, 6) is 0. The van der Waals surface area contributed by atoms with Gasteiger partial charge in [-0.05, 0) is 30.7 Å². The van der Waals surface area contributed by atoms with Crippen LogP contribution in [-0.2, 0) is 24.8 Å². The Labute approximate surface area is 110 Å². The summed E-state index contributed by atoms with van der Waals surface area (Å²) in [6.45, 7) is 8.27. The molecule has 2 heterocycles. The van der Waals surface area contributed by atoms with E-state index in [0.29, 0.717) is 5.41 Å². The van der Waals surface area contributed by atoms with Crippen LogP contribution in [0, 0.1) is 5.41 Å². The molecule has 2 rings (SSSR count). The lowest BCUT2D eigenvalue weighted by Crippen LogP contribution is -2.36. The van der Waals surface area contributed by atoms with Gasteiger partial charge in [-0.3, -0.25) is 4.68 Å². The summed E-state index contributed by atoms with van der Waals surface area (Å²) in [4.78, 5) is 0. The van der Waals surface area contributed by atoms with E-state index in [-0.39, 0.29) is 0 Å². The third kappa shape index (κ3) is 3.33. The van der Waals surface area contributed by atoms with E-state index in [2.05, 4.69) is 30.3 Å². The van der Waals surface area contributed by atoms with Crippen LogP contribution in [-0.4, -0.2) is 29.5 Å². The van der Waals surface area contributed by atoms with Gasteiger partial charge >= 0.3 is 0 Å². The normalized spacial score (nSPS) is 19.1. The van der Waals surface area contributed by atoms with Crippen LogP contribution in [0.5, 0.6) is 0 Å². The molecule has 1 fully saturated rings. The van der Waals surface area contributed by atoms with Crippen molar-refractivity contribution in [2.24, 2.45) is 12.5 Å². The van der Waals surface area contributed by atoms with E-state index < -0.39 is 0 Å². The van der Waals surface area contributed by atoms with Gasteiger partial charge in [-0.25, -0.2) is 0 Å². The van der Waals surface area contributed by atoms with E-state index in [1.807, 2.05) is 11.7 Å². The van der Waals surface area contributed by atoms with Gasteiger partial charge in [0.25, 0.3) is 0 Å². The standard InChI is InChI=1S/C14H25N3O/c1-4-12-9-13(17(3)16-12)10-15-11-14(2)5-7-18-8-6-14/h9,15H,4-8,10-11H2,1-3H3. The second kappa shape index (κ2) is 5.85. The molecule has 1 aromatic heterocycles. The third-order valence-electron chi connectivity index (χ3n) is 3.95. The molecule has 0 bridgehead atoms. The maximum absolute atomic E-state index is 5.42. The van der Waals surface area contributed by atoms with Gasteiger partial charge < -0.3 is 10.1 Å². The molecule has 0 amide bonds. The Bertz CT molecular complexity index is 380. The van der Waals surface area contributed by atoms with E-state index in [1.165, 1.54) is 11.4 Å². The maximum Gasteiger partial charge on any atom is 0.0625 e. The molecule has 0 aliphatic carbocycles. The van der Waals surface area contributed by atoms with Gasteiger partial charge in [-0.1, -0.05) is 13.8 Å². The van der Waals surface area contributed by atoms with Crippen molar-refractivity contribution >= 4 is 0 Å². The Balaban J connectivity index is 1.82. The van der Waals surface area contributed by atoms with E-state index in [0.717, 1.165) is 45.6 Å². The minimum absolute atomic E-state index is 0.393. The van der Waals surface area contributed by atoms with Crippen LogP contribution in [0.1, 0.15) is 38.1 Å². The highest BCUT2D eigenvalue weighted by Crippen LogP contribution is 2.28. The minimum Gasteiger partial charge on any atom is -0.381 e. The highest BCUT2D eigenvalue weighted by Gasteiger charge is 2.26. The molecule has 0 saturated carbocycles. The third-order valence-corrected chi connectivity index (χ3v) is 3.95. The van der Waals surface area contributed by atoms with Crippen molar-refractivity contribution < 1.29 is 4.74 Å². The van der Waals surface area contributed by atoms with Gasteiger partial charge in [0.05, 0.1) is 11.4 Å². The van der Waals surface area contributed by atoms with E-state index in [1.54, 1.807) is 0 Å². The summed E-state index contributed by atoms with van der Waals surface area (Å²) >= 11 is 0. The largest absolute Gasteiger partial charge is 0.381 e. The Kier molecular flexibility index (Phi) is 4.40. The molecule has 4 heteroatoms. The van der Waals surface area contributed by atoms with Crippen LogP contribution < -0.4 is 5.32 Å². The lowest BCUT2D eigenvalue weighted by atomic mass is 9.82. The van der Waals surface area contributed by atoms with E-state index >= 15 is 0 Å². The van der Waals surface area contributed by atoms with Crippen molar-refractivity contribution in [2.75, 3.05) is 19.8 Å². The first kappa shape index (κ1) is 13.6. The van der Waals surface area contributed by atoms with Crippen molar-refractivity contribution in [3.05, 3.63) is 17.5 Å². The van der Waals surface area contributed by atoms with Gasteiger partial charge in [0.15, 0.2) is 0 Å². The second-order valence-electron chi connectivity index (χ2n) is 5.63. The monoisotopic (exact) mass is 251 g/mol. The summed E-state index contributed by atoms with van der Waals surface area (Å²) < 4.78 is 7.41. The first-order valence-corrected chi connectivity index (χ1v) is 6.93. The van der Waals surface area contributed by atoms with Crippen molar-refractivity contribution in [1.82, 2.24) is 15.1 Å². The van der Waals surface area contributed by atoms with Gasteiger partial charge in [0.1, 0.15) is 0 Å². The van der Waals surface area contributed by atoms with Gasteiger partial charge in [0.2, 0.25) is 0 Å². The molecule has 1 aliphatic heterocycles. The molecule has 0 unspecified atom stereocenters. The van der Waals surface area contributed by atoms with E-state index in [9.17, 15) is 0 Å². The van der Waals surface area contributed by atoms with E-state index in [4.69, 9.17) is 4.74 Å². The topological polar surface area (TPSA) is 39.1 Å². The molecule has 1 saturated heterocycles. The quantitative estimate of drug-likeness (QED) is 0.868. The smallest absolute Gasteiger partial charge is 0.0625 e. The predicted molar refractivity (Wildman–Crippen MR) is 72.5 cm³/mol. The van der Waals surface area contributed by atoms with Crippen LogP contribution in [0.4, 0.5) is 0 Å². The number of nitrogens with zero attached hydrogens (tertiary/aromatic N) is 2. The summed E-state index contributed by atoms with van der Waals surface area (Å²) in [7, 11) is 2.02. The maximum atomic E-state index is 5.42. The lowest BCUT2D eigenvalue weighted by molar-refractivity contribution is 0.0239. The van der Waals surface area contributed by atoms with Crippen LogP contribution in [0.25, 0.3) is 0 Å². The fourth-order valence-corrected chi connectivity index (χ4v) is 2.44. The fourth-order valence-electron chi connectivity index (χ4n) is 2.44. The Morgan fingerprint density at radius 3 is 2.78 bits per heavy atom. The van der Waals surface area contributed by atoms with Gasteiger partial charge in [-0.2, -0.15) is 5.10 Å². The highest BCUT2D eigenvalue weighted by molar-refractivity contribution is 5.09. The Morgan fingerprint density at radius 1 is 1.44 bits per heavy atom. The average molecular weight is 251 g/mol. The van der Waals surface area contributed by atoms with Crippen LogP contribution in [0.3, 0.4) is 0 Å². The lowest BCUT2D eigenvalue weighted by Gasteiger charge is -2.33. The number of nitrogens with one attached hydrogen (secondary N) is 1. The average Bonchev–Trinajstić information content (AvgIpc) is 2.71. The Hall–Kier alpha value is -0.870. The predicted octanol–water partition coefficient (Wildman–Crippen LogP) is 1.89. The number of ether oxygens (including phenoxy) is 1. The van der Waals surface area contributed by atoms with Crippen molar-refractivity contribution in [3.63, 3.8) is 0 Å². The zero-order valence-electron chi connectivity index (χ0n) is 11.8. The van der Waals surface area contributed by atoms with Crippen LogP contribution in [0.15, 0.2) is 6.07 Å². The summed E-state index contributed by atoms with van der Waals surface area (Å²) in [5, 5.41) is 8.04. The summed E-state index contributed by atoms with van der Waals surface area (Å²) in [6, 6.07) is 2.19. The first-order chi connectivity index (χ1) is 8.63. The summed E-state index contributed by atoms with van der Waals surface area (Å²) in [6.07, 6.45) is 3.32. The molecular formula is C14H25N3O. The Morgan fingerprint density at radius 2 is 2.17 bits per heavy atom. The number of aryl methyl sites for hydroxylation is 2. The molecule has 1 N–H and O–H groups in total. The van der Waals surface area contributed by atoms with Crippen LogP contribution in [0.2, 0.25) is 0 Å². The van der Waals surface area contributed by atoms with Crippen molar-refractivity contribution in [2.45, 2.75) is 39.7 Å². The molecular weight excluding hydrogens is 226 g/mol. The fraction of sp³-hybridized carbons (Fsp3) is 0.786. The second-order valence-corrected chi connectivity index (χ2v) is 5.63. The molecule has 0 atom stereocenters. The molecule has 102 valence electrons. The minimum atomic E-state index is 0.393. The number of aromatic nitrogens is 2. The zero-order valence-corrected chi connectivity index (χ0v) is 11.8.